The molecule has 0 radical (unpaired) electrons. The van der Waals surface area contributed by atoms with E-state index >= 15 is 0 Å². The van der Waals surface area contributed by atoms with E-state index in [2.05, 4.69) is 41.4 Å². The molecule has 0 aliphatic rings. The van der Waals surface area contributed by atoms with Crippen LogP contribution < -0.4 is 10.2 Å². The topological polar surface area (TPSA) is 32.3 Å². The molecule has 3 heteroatoms. The van der Waals surface area contributed by atoms with Crippen LogP contribution in [0.3, 0.4) is 0 Å². The number of para-hydroxylation sites is 1. The maximum Gasteiger partial charge on any atom is 0.216 e. The van der Waals surface area contributed by atoms with Crippen molar-refractivity contribution in [2.75, 3.05) is 24.5 Å². The SMILES string of the molecule is CCCCN(CCCNC(C)=O)c1ccccc1. The Morgan fingerprint density at radius 1 is 1.17 bits per heavy atom. The first kappa shape index (κ1) is 14.6. The van der Waals surface area contributed by atoms with Gasteiger partial charge in [0.05, 0.1) is 0 Å². The van der Waals surface area contributed by atoms with Gasteiger partial charge in [0.2, 0.25) is 5.91 Å². The molecule has 1 rings (SSSR count). The molecule has 0 spiro atoms. The summed E-state index contributed by atoms with van der Waals surface area (Å²) in [5.74, 6) is 0.0508. The quantitative estimate of drug-likeness (QED) is 0.717. The van der Waals surface area contributed by atoms with Crippen molar-refractivity contribution in [2.45, 2.75) is 33.1 Å². The molecule has 0 aliphatic carbocycles. The first-order chi connectivity index (χ1) is 8.74. The first-order valence-corrected chi connectivity index (χ1v) is 6.78. The van der Waals surface area contributed by atoms with Crippen LogP contribution >= 0.6 is 0 Å². The maximum absolute atomic E-state index is 10.8. The zero-order chi connectivity index (χ0) is 13.2. The number of amides is 1. The van der Waals surface area contributed by atoms with Gasteiger partial charge in [-0.05, 0) is 25.0 Å². The number of anilines is 1. The number of benzene rings is 1. The molecule has 0 atom stereocenters. The molecule has 3 nitrogen and oxygen atoms in total. The Hall–Kier alpha value is -1.51. The highest BCUT2D eigenvalue weighted by molar-refractivity contribution is 5.72. The van der Waals surface area contributed by atoms with Gasteiger partial charge in [-0.15, -0.1) is 0 Å². The number of hydrogen-bond donors (Lipinski definition) is 1. The van der Waals surface area contributed by atoms with E-state index in [0.717, 1.165) is 26.1 Å². The minimum absolute atomic E-state index is 0.0508. The summed E-state index contributed by atoms with van der Waals surface area (Å²) in [5, 5.41) is 2.84. The third-order valence-electron chi connectivity index (χ3n) is 2.88. The number of carbonyl (C=O) groups excluding carboxylic acids is 1. The summed E-state index contributed by atoms with van der Waals surface area (Å²) in [7, 11) is 0. The molecule has 1 aromatic rings. The number of nitrogens with one attached hydrogen (secondary N) is 1. The summed E-state index contributed by atoms with van der Waals surface area (Å²) in [5.41, 5.74) is 1.27. The second-order valence-corrected chi connectivity index (χ2v) is 4.51. The fraction of sp³-hybridized carbons (Fsp3) is 0.533. The predicted octanol–water partition coefficient (Wildman–Crippen LogP) is 2.82. The lowest BCUT2D eigenvalue weighted by molar-refractivity contribution is -0.118. The Bertz CT molecular complexity index is 338. The molecule has 1 amide bonds. The smallest absolute Gasteiger partial charge is 0.216 e. The highest BCUT2D eigenvalue weighted by atomic mass is 16.1. The number of rotatable bonds is 8. The van der Waals surface area contributed by atoms with Gasteiger partial charge < -0.3 is 10.2 Å². The van der Waals surface area contributed by atoms with E-state index in [1.807, 2.05) is 6.07 Å². The zero-order valence-electron chi connectivity index (χ0n) is 11.5. The fourth-order valence-corrected chi connectivity index (χ4v) is 1.89. The monoisotopic (exact) mass is 248 g/mol. The van der Waals surface area contributed by atoms with Crippen LogP contribution in [0.4, 0.5) is 5.69 Å². The molecule has 0 aliphatic heterocycles. The second kappa shape index (κ2) is 8.56. The molecule has 0 saturated carbocycles. The summed E-state index contributed by atoms with van der Waals surface area (Å²) in [6, 6.07) is 10.5. The van der Waals surface area contributed by atoms with Crippen molar-refractivity contribution in [3.8, 4) is 0 Å². The molecule has 0 bridgehead atoms. The summed E-state index contributed by atoms with van der Waals surface area (Å²) in [4.78, 5) is 13.2. The minimum atomic E-state index is 0.0508. The lowest BCUT2D eigenvalue weighted by atomic mass is 10.2. The van der Waals surface area contributed by atoms with Crippen LogP contribution in [0.1, 0.15) is 33.1 Å². The van der Waals surface area contributed by atoms with Crippen molar-refractivity contribution in [3.05, 3.63) is 30.3 Å². The van der Waals surface area contributed by atoms with Crippen LogP contribution in [-0.2, 0) is 4.79 Å². The van der Waals surface area contributed by atoms with Gasteiger partial charge >= 0.3 is 0 Å². The van der Waals surface area contributed by atoms with Crippen LogP contribution in [0.2, 0.25) is 0 Å². The zero-order valence-corrected chi connectivity index (χ0v) is 11.5. The van der Waals surface area contributed by atoms with Crippen molar-refractivity contribution in [1.82, 2.24) is 5.32 Å². The predicted molar refractivity (Wildman–Crippen MR) is 76.9 cm³/mol. The largest absolute Gasteiger partial charge is 0.371 e. The van der Waals surface area contributed by atoms with Crippen molar-refractivity contribution >= 4 is 11.6 Å². The van der Waals surface area contributed by atoms with Gasteiger partial charge in [0, 0.05) is 32.2 Å². The van der Waals surface area contributed by atoms with E-state index in [1.54, 1.807) is 6.92 Å². The van der Waals surface area contributed by atoms with Gasteiger partial charge in [0.15, 0.2) is 0 Å². The maximum atomic E-state index is 10.8. The van der Waals surface area contributed by atoms with E-state index in [-0.39, 0.29) is 5.91 Å². The first-order valence-electron chi connectivity index (χ1n) is 6.78. The number of hydrogen-bond acceptors (Lipinski definition) is 2. The van der Waals surface area contributed by atoms with Crippen LogP contribution in [0, 0.1) is 0 Å². The average molecular weight is 248 g/mol. The van der Waals surface area contributed by atoms with Crippen molar-refractivity contribution < 1.29 is 4.79 Å². The minimum Gasteiger partial charge on any atom is -0.371 e. The molecular weight excluding hydrogens is 224 g/mol. The molecule has 0 unspecified atom stereocenters. The Balaban J connectivity index is 2.43. The third kappa shape index (κ3) is 5.71. The van der Waals surface area contributed by atoms with Gasteiger partial charge in [-0.1, -0.05) is 31.5 Å². The Kier molecular flexibility index (Phi) is 6.92. The van der Waals surface area contributed by atoms with Gasteiger partial charge in [0.1, 0.15) is 0 Å². The van der Waals surface area contributed by atoms with Crippen LogP contribution in [0.5, 0.6) is 0 Å². The van der Waals surface area contributed by atoms with E-state index < -0.39 is 0 Å². The van der Waals surface area contributed by atoms with Crippen molar-refractivity contribution in [2.24, 2.45) is 0 Å². The molecule has 0 aromatic heterocycles. The summed E-state index contributed by atoms with van der Waals surface area (Å²) >= 11 is 0. The Morgan fingerprint density at radius 2 is 1.83 bits per heavy atom. The average Bonchev–Trinajstić information content (AvgIpc) is 2.38. The lowest BCUT2D eigenvalue weighted by Gasteiger charge is -2.24. The highest BCUT2D eigenvalue weighted by Crippen LogP contribution is 2.14. The number of nitrogens with zero attached hydrogens (tertiary/aromatic N) is 1. The normalized spacial score (nSPS) is 10.1. The molecule has 1 N–H and O–H groups in total. The second-order valence-electron chi connectivity index (χ2n) is 4.51. The van der Waals surface area contributed by atoms with Crippen LogP contribution in [0.25, 0.3) is 0 Å². The fourth-order valence-electron chi connectivity index (χ4n) is 1.89. The van der Waals surface area contributed by atoms with Crippen LogP contribution in [-0.4, -0.2) is 25.5 Å². The molecule has 0 saturated heterocycles. The molecule has 18 heavy (non-hydrogen) atoms. The van der Waals surface area contributed by atoms with Crippen molar-refractivity contribution in [3.63, 3.8) is 0 Å². The summed E-state index contributed by atoms with van der Waals surface area (Å²) < 4.78 is 0. The van der Waals surface area contributed by atoms with Gasteiger partial charge in [-0.25, -0.2) is 0 Å². The van der Waals surface area contributed by atoms with Gasteiger partial charge in [0.25, 0.3) is 0 Å². The van der Waals surface area contributed by atoms with Crippen molar-refractivity contribution in [1.29, 1.82) is 0 Å². The Morgan fingerprint density at radius 3 is 2.44 bits per heavy atom. The van der Waals surface area contributed by atoms with Gasteiger partial charge in [-0.2, -0.15) is 0 Å². The molecular formula is C15H24N2O. The van der Waals surface area contributed by atoms with E-state index in [9.17, 15) is 4.79 Å². The van der Waals surface area contributed by atoms with E-state index in [1.165, 1.54) is 18.5 Å². The molecule has 100 valence electrons. The lowest BCUT2D eigenvalue weighted by Crippen LogP contribution is -2.29. The van der Waals surface area contributed by atoms with E-state index in [0.29, 0.717) is 0 Å². The number of carbonyl (C=O) groups is 1. The Labute approximate surface area is 110 Å². The third-order valence-corrected chi connectivity index (χ3v) is 2.88. The number of unbranched alkanes of at least 4 members (excludes halogenated alkanes) is 1. The summed E-state index contributed by atoms with van der Waals surface area (Å²) in [6.07, 6.45) is 3.39. The molecule has 0 heterocycles. The van der Waals surface area contributed by atoms with Crippen LogP contribution in [0.15, 0.2) is 30.3 Å². The molecule has 1 aromatic carbocycles. The molecule has 0 fully saturated rings. The highest BCUT2D eigenvalue weighted by Gasteiger charge is 2.04. The summed E-state index contributed by atoms with van der Waals surface area (Å²) in [6.45, 7) is 6.60. The standard InChI is InChI=1S/C15H24N2O/c1-3-4-12-17(13-8-11-16-14(2)18)15-9-6-5-7-10-15/h5-7,9-10H,3-4,8,11-13H2,1-2H3,(H,16,18). The van der Waals surface area contributed by atoms with Gasteiger partial charge in [-0.3, -0.25) is 4.79 Å². The van der Waals surface area contributed by atoms with E-state index in [4.69, 9.17) is 0 Å².